The molecule has 0 aromatic carbocycles. The smallest absolute Gasteiger partial charge is 0.0223 e. The maximum Gasteiger partial charge on any atom is 0.0223 e. The van der Waals surface area contributed by atoms with E-state index in [-0.39, 0.29) is 0 Å². The zero-order valence-corrected chi connectivity index (χ0v) is 12.4. The van der Waals surface area contributed by atoms with Crippen molar-refractivity contribution in [1.29, 1.82) is 0 Å². The maximum absolute atomic E-state index is 6.00. The van der Waals surface area contributed by atoms with Crippen LogP contribution in [0.15, 0.2) is 0 Å². The molecular formula is C15H31N3. The highest BCUT2D eigenvalue weighted by atomic mass is 15.2. The lowest BCUT2D eigenvalue weighted by Gasteiger charge is -2.45. The van der Waals surface area contributed by atoms with Crippen LogP contribution in [0, 0.1) is 11.8 Å². The minimum atomic E-state index is 0.718. The van der Waals surface area contributed by atoms with Crippen LogP contribution in [-0.2, 0) is 0 Å². The number of rotatable bonds is 3. The molecule has 0 bridgehead atoms. The minimum Gasteiger partial charge on any atom is -0.330 e. The van der Waals surface area contributed by atoms with Gasteiger partial charge in [-0.3, -0.25) is 4.90 Å². The number of hydrogen-bond acceptors (Lipinski definition) is 3. The Morgan fingerprint density at radius 1 is 1.28 bits per heavy atom. The summed E-state index contributed by atoms with van der Waals surface area (Å²) >= 11 is 0. The normalized spacial score (nSPS) is 39.2. The fourth-order valence-corrected chi connectivity index (χ4v) is 3.93. The fraction of sp³-hybridized carbons (Fsp3) is 1.00. The largest absolute Gasteiger partial charge is 0.330 e. The highest BCUT2D eigenvalue weighted by molar-refractivity contribution is 4.89. The third kappa shape index (κ3) is 3.25. The van der Waals surface area contributed by atoms with Crippen molar-refractivity contribution in [3.05, 3.63) is 0 Å². The van der Waals surface area contributed by atoms with Gasteiger partial charge in [0.05, 0.1) is 0 Å². The summed E-state index contributed by atoms with van der Waals surface area (Å²) in [4.78, 5) is 5.15. The van der Waals surface area contributed by atoms with Crippen molar-refractivity contribution in [3.8, 4) is 0 Å². The van der Waals surface area contributed by atoms with Crippen molar-refractivity contribution in [2.75, 3.05) is 33.7 Å². The van der Waals surface area contributed by atoms with E-state index in [4.69, 9.17) is 5.73 Å². The van der Waals surface area contributed by atoms with Crippen LogP contribution in [0.2, 0.25) is 0 Å². The lowest BCUT2D eigenvalue weighted by molar-refractivity contribution is 0.0416. The lowest BCUT2D eigenvalue weighted by atomic mass is 9.77. The summed E-state index contributed by atoms with van der Waals surface area (Å²) in [5, 5.41) is 0. The molecule has 2 rings (SSSR count). The van der Waals surface area contributed by atoms with E-state index in [1.807, 2.05) is 0 Å². The molecule has 2 N–H and O–H groups in total. The van der Waals surface area contributed by atoms with E-state index in [1.165, 1.54) is 45.2 Å². The Morgan fingerprint density at radius 3 is 2.72 bits per heavy atom. The van der Waals surface area contributed by atoms with Crippen molar-refractivity contribution in [2.24, 2.45) is 17.6 Å². The molecule has 0 aromatic rings. The summed E-state index contributed by atoms with van der Waals surface area (Å²) < 4.78 is 0. The van der Waals surface area contributed by atoms with E-state index < -0.39 is 0 Å². The van der Waals surface area contributed by atoms with Crippen LogP contribution in [-0.4, -0.2) is 55.6 Å². The molecule has 4 atom stereocenters. The second-order valence-corrected chi connectivity index (χ2v) is 6.71. The highest BCUT2D eigenvalue weighted by Gasteiger charge is 2.34. The number of nitrogens with zero attached hydrogens (tertiary/aromatic N) is 2. The number of nitrogens with two attached hydrogens (primary N) is 1. The molecule has 106 valence electrons. The molecule has 1 aliphatic heterocycles. The van der Waals surface area contributed by atoms with Gasteiger partial charge in [0.25, 0.3) is 0 Å². The van der Waals surface area contributed by atoms with Crippen LogP contribution in [0.4, 0.5) is 0 Å². The lowest BCUT2D eigenvalue weighted by Crippen LogP contribution is -2.53. The van der Waals surface area contributed by atoms with Crippen LogP contribution in [0.5, 0.6) is 0 Å². The van der Waals surface area contributed by atoms with Gasteiger partial charge in [0.2, 0.25) is 0 Å². The average Bonchev–Trinajstić information content (AvgIpc) is 2.38. The summed E-state index contributed by atoms with van der Waals surface area (Å²) in [5.74, 6) is 1.60. The fourth-order valence-electron chi connectivity index (χ4n) is 3.93. The number of piperidine rings is 1. The SMILES string of the molecule is CC1CCC(CN)C(N(C)C2CCCN(C)C2)C1. The number of hydrogen-bond donors (Lipinski definition) is 1. The van der Waals surface area contributed by atoms with Gasteiger partial charge in [0.1, 0.15) is 0 Å². The van der Waals surface area contributed by atoms with E-state index in [2.05, 4.69) is 30.8 Å². The van der Waals surface area contributed by atoms with Gasteiger partial charge in [-0.25, -0.2) is 0 Å². The van der Waals surface area contributed by atoms with Gasteiger partial charge in [0, 0.05) is 18.6 Å². The summed E-state index contributed by atoms with van der Waals surface area (Å²) in [6, 6.07) is 1.46. The molecule has 0 aromatic heterocycles. The van der Waals surface area contributed by atoms with Crippen molar-refractivity contribution >= 4 is 0 Å². The Kier molecular flexibility index (Phi) is 5.05. The monoisotopic (exact) mass is 253 g/mol. The molecule has 0 radical (unpaired) electrons. The van der Waals surface area contributed by atoms with E-state index >= 15 is 0 Å². The second kappa shape index (κ2) is 6.36. The first-order chi connectivity index (χ1) is 8.61. The van der Waals surface area contributed by atoms with Gasteiger partial charge >= 0.3 is 0 Å². The van der Waals surface area contributed by atoms with Crippen molar-refractivity contribution in [2.45, 2.75) is 51.1 Å². The summed E-state index contributed by atoms with van der Waals surface area (Å²) in [5.41, 5.74) is 6.00. The first-order valence-corrected chi connectivity index (χ1v) is 7.72. The molecule has 1 saturated heterocycles. The molecule has 3 nitrogen and oxygen atoms in total. The van der Waals surface area contributed by atoms with Crippen LogP contribution >= 0.6 is 0 Å². The molecular weight excluding hydrogens is 222 g/mol. The van der Waals surface area contributed by atoms with E-state index in [0.717, 1.165) is 30.5 Å². The third-order valence-corrected chi connectivity index (χ3v) is 5.22. The Hall–Kier alpha value is -0.120. The Morgan fingerprint density at radius 2 is 2.06 bits per heavy atom. The van der Waals surface area contributed by atoms with Crippen LogP contribution in [0.1, 0.15) is 39.0 Å². The van der Waals surface area contributed by atoms with Gasteiger partial charge in [-0.15, -0.1) is 0 Å². The summed E-state index contributed by atoms with van der Waals surface area (Å²) in [6.07, 6.45) is 6.76. The first-order valence-electron chi connectivity index (χ1n) is 7.72. The molecule has 1 aliphatic carbocycles. The molecule has 0 amide bonds. The molecule has 1 saturated carbocycles. The van der Waals surface area contributed by atoms with Gasteiger partial charge < -0.3 is 10.6 Å². The molecule has 2 aliphatic rings. The summed E-state index contributed by atoms with van der Waals surface area (Å²) in [7, 11) is 4.60. The zero-order valence-electron chi connectivity index (χ0n) is 12.4. The Labute approximate surface area is 113 Å². The molecule has 0 spiro atoms. The van der Waals surface area contributed by atoms with Gasteiger partial charge in [-0.1, -0.05) is 13.3 Å². The predicted molar refractivity (Wildman–Crippen MR) is 77.6 cm³/mol. The highest BCUT2D eigenvalue weighted by Crippen LogP contribution is 2.33. The Balaban J connectivity index is 1.98. The van der Waals surface area contributed by atoms with Crippen molar-refractivity contribution < 1.29 is 0 Å². The third-order valence-electron chi connectivity index (χ3n) is 5.22. The predicted octanol–water partition coefficient (Wildman–Crippen LogP) is 1.78. The number of likely N-dealkylation sites (tertiary alicyclic amines) is 1. The van der Waals surface area contributed by atoms with Crippen LogP contribution in [0.25, 0.3) is 0 Å². The maximum atomic E-state index is 6.00. The van der Waals surface area contributed by atoms with Crippen molar-refractivity contribution in [3.63, 3.8) is 0 Å². The van der Waals surface area contributed by atoms with Gasteiger partial charge in [0.15, 0.2) is 0 Å². The summed E-state index contributed by atoms with van der Waals surface area (Å²) in [6.45, 7) is 5.77. The zero-order chi connectivity index (χ0) is 13.1. The number of likely N-dealkylation sites (N-methyl/N-ethyl adjacent to an activating group) is 2. The molecule has 3 heteroatoms. The van der Waals surface area contributed by atoms with E-state index in [9.17, 15) is 0 Å². The standard InChI is InChI=1S/C15H31N3/c1-12-6-7-13(10-16)15(9-12)18(3)14-5-4-8-17(2)11-14/h12-15H,4-11,16H2,1-3H3. The van der Waals surface area contributed by atoms with Gasteiger partial charge in [-0.2, -0.15) is 0 Å². The van der Waals surface area contributed by atoms with E-state index in [0.29, 0.717) is 0 Å². The first kappa shape index (κ1) is 14.3. The molecule has 2 fully saturated rings. The Bertz CT molecular complexity index is 256. The van der Waals surface area contributed by atoms with Crippen LogP contribution < -0.4 is 5.73 Å². The van der Waals surface area contributed by atoms with E-state index in [1.54, 1.807) is 0 Å². The van der Waals surface area contributed by atoms with Gasteiger partial charge in [-0.05, 0) is 64.7 Å². The van der Waals surface area contributed by atoms with Crippen LogP contribution in [0.3, 0.4) is 0 Å². The minimum absolute atomic E-state index is 0.718. The van der Waals surface area contributed by atoms with Crippen molar-refractivity contribution in [1.82, 2.24) is 9.80 Å². The average molecular weight is 253 g/mol. The molecule has 18 heavy (non-hydrogen) atoms. The second-order valence-electron chi connectivity index (χ2n) is 6.71. The quantitative estimate of drug-likeness (QED) is 0.832. The topological polar surface area (TPSA) is 32.5 Å². The molecule has 4 unspecified atom stereocenters. The molecule has 1 heterocycles.